The molecule has 3 rings (SSSR count). The molecule has 1 saturated heterocycles. The van der Waals surface area contributed by atoms with Crippen LogP contribution in [0.4, 0.5) is 4.39 Å². The van der Waals surface area contributed by atoms with Crippen molar-refractivity contribution in [1.29, 1.82) is 0 Å². The van der Waals surface area contributed by atoms with E-state index in [0.717, 1.165) is 5.56 Å². The van der Waals surface area contributed by atoms with Crippen molar-refractivity contribution in [1.82, 2.24) is 9.80 Å². The predicted molar refractivity (Wildman–Crippen MR) is 116 cm³/mol. The standard InChI is InChI=1S/C23H21Cl2FN2O2/c1-2-11-27(14-16-5-8-19(26)9-6-16)23(30)18-4-3-12-28(15-18)22(29)17-7-10-20(24)21(25)13-17/h1,5-10,13,18H,3-4,11-12,14-15H2. The number of carbonyl (C=O) groups is 2. The normalized spacial score (nSPS) is 16.1. The van der Waals surface area contributed by atoms with Gasteiger partial charge in [0.2, 0.25) is 5.91 Å². The molecular weight excluding hydrogens is 426 g/mol. The summed E-state index contributed by atoms with van der Waals surface area (Å²) in [6.45, 7) is 1.31. The fourth-order valence-electron chi connectivity index (χ4n) is 3.57. The van der Waals surface area contributed by atoms with Crippen LogP contribution in [0.25, 0.3) is 0 Å². The molecular formula is C23H21Cl2FN2O2. The molecule has 1 aliphatic heterocycles. The van der Waals surface area contributed by atoms with E-state index in [1.54, 1.807) is 34.1 Å². The number of terminal acetylenes is 1. The van der Waals surface area contributed by atoms with Crippen molar-refractivity contribution in [3.05, 3.63) is 69.5 Å². The smallest absolute Gasteiger partial charge is 0.253 e. The Kier molecular flexibility index (Phi) is 7.36. The number of amides is 2. The van der Waals surface area contributed by atoms with Gasteiger partial charge in [0.15, 0.2) is 0 Å². The molecule has 0 aromatic heterocycles. The molecule has 2 aromatic rings. The Bertz CT molecular complexity index is 972. The van der Waals surface area contributed by atoms with Crippen molar-refractivity contribution < 1.29 is 14.0 Å². The van der Waals surface area contributed by atoms with Gasteiger partial charge in [0.25, 0.3) is 5.91 Å². The van der Waals surface area contributed by atoms with Gasteiger partial charge >= 0.3 is 0 Å². The van der Waals surface area contributed by atoms with Crippen molar-refractivity contribution in [2.45, 2.75) is 19.4 Å². The van der Waals surface area contributed by atoms with Crippen LogP contribution in [-0.2, 0) is 11.3 Å². The Balaban J connectivity index is 1.71. The molecule has 30 heavy (non-hydrogen) atoms. The molecule has 1 atom stereocenters. The van der Waals surface area contributed by atoms with Gasteiger partial charge in [0.1, 0.15) is 5.82 Å². The van der Waals surface area contributed by atoms with Crippen molar-refractivity contribution >= 4 is 35.0 Å². The van der Waals surface area contributed by atoms with Crippen LogP contribution in [0.1, 0.15) is 28.8 Å². The lowest BCUT2D eigenvalue weighted by atomic mass is 9.95. The molecule has 0 radical (unpaired) electrons. The highest BCUT2D eigenvalue weighted by Crippen LogP contribution is 2.26. The Morgan fingerprint density at radius 1 is 1.17 bits per heavy atom. The number of hydrogen-bond donors (Lipinski definition) is 0. The van der Waals surface area contributed by atoms with Crippen LogP contribution in [-0.4, -0.2) is 41.2 Å². The molecule has 4 nitrogen and oxygen atoms in total. The van der Waals surface area contributed by atoms with Crippen molar-refractivity contribution in [2.24, 2.45) is 5.92 Å². The third-order valence-electron chi connectivity index (χ3n) is 5.10. The summed E-state index contributed by atoms with van der Waals surface area (Å²) in [5, 5.41) is 0.692. The molecule has 0 spiro atoms. The minimum atomic E-state index is -0.348. The van der Waals surface area contributed by atoms with E-state index >= 15 is 0 Å². The van der Waals surface area contributed by atoms with E-state index in [2.05, 4.69) is 5.92 Å². The lowest BCUT2D eigenvalue weighted by Gasteiger charge is -2.34. The first kappa shape index (κ1) is 22.1. The van der Waals surface area contributed by atoms with E-state index in [0.29, 0.717) is 48.1 Å². The summed E-state index contributed by atoms with van der Waals surface area (Å²) in [6.07, 6.45) is 6.85. The van der Waals surface area contributed by atoms with Gasteiger partial charge in [-0.3, -0.25) is 9.59 Å². The molecule has 0 N–H and O–H groups in total. The predicted octanol–water partition coefficient (Wildman–Crippen LogP) is 4.65. The Morgan fingerprint density at radius 2 is 1.90 bits per heavy atom. The summed E-state index contributed by atoms with van der Waals surface area (Å²) in [7, 11) is 0. The van der Waals surface area contributed by atoms with Crippen LogP contribution in [0.15, 0.2) is 42.5 Å². The lowest BCUT2D eigenvalue weighted by molar-refractivity contribution is -0.136. The van der Waals surface area contributed by atoms with Crippen LogP contribution in [0.3, 0.4) is 0 Å². The number of benzene rings is 2. The number of piperidine rings is 1. The third-order valence-corrected chi connectivity index (χ3v) is 5.84. The van der Waals surface area contributed by atoms with Gasteiger partial charge in [0.05, 0.1) is 22.5 Å². The quantitative estimate of drug-likeness (QED) is 0.627. The molecule has 0 saturated carbocycles. The second-order valence-electron chi connectivity index (χ2n) is 7.24. The first-order chi connectivity index (χ1) is 14.4. The maximum atomic E-state index is 13.2. The summed E-state index contributed by atoms with van der Waals surface area (Å²) in [6, 6.07) is 10.7. The van der Waals surface area contributed by atoms with Gasteiger partial charge in [-0.1, -0.05) is 41.3 Å². The maximum absolute atomic E-state index is 13.2. The molecule has 2 aromatic carbocycles. The maximum Gasteiger partial charge on any atom is 0.253 e. The van der Waals surface area contributed by atoms with E-state index in [1.807, 2.05) is 0 Å². The molecule has 1 fully saturated rings. The Morgan fingerprint density at radius 3 is 2.57 bits per heavy atom. The molecule has 0 aliphatic carbocycles. The Labute approximate surface area is 185 Å². The molecule has 156 valence electrons. The van der Waals surface area contributed by atoms with E-state index in [9.17, 15) is 14.0 Å². The SMILES string of the molecule is C#CCN(Cc1ccc(F)cc1)C(=O)C1CCCN(C(=O)c2ccc(Cl)c(Cl)c2)C1. The zero-order valence-corrected chi connectivity index (χ0v) is 17.8. The van der Waals surface area contributed by atoms with E-state index in [1.165, 1.54) is 18.2 Å². The molecule has 7 heteroatoms. The van der Waals surface area contributed by atoms with Crippen LogP contribution in [0, 0.1) is 24.1 Å². The van der Waals surface area contributed by atoms with Gasteiger partial charge in [-0.15, -0.1) is 6.42 Å². The second-order valence-corrected chi connectivity index (χ2v) is 8.06. The highest BCUT2D eigenvalue weighted by Gasteiger charge is 2.31. The Hall–Kier alpha value is -2.55. The number of halogens is 3. The molecule has 1 heterocycles. The average molecular weight is 447 g/mol. The van der Waals surface area contributed by atoms with Crippen LogP contribution < -0.4 is 0 Å². The first-order valence-electron chi connectivity index (χ1n) is 9.60. The van der Waals surface area contributed by atoms with Gasteiger partial charge in [0, 0.05) is 25.2 Å². The number of carbonyl (C=O) groups excluding carboxylic acids is 2. The zero-order chi connectivity index (χ0) is 21.7. The van der Waals surface area contributed by atoms with Crippen molar-refractivity contribution in [3.63, 3.8) is 0 Å². The second kappa shape index (κ2) is 9.97. The topological polar surface area (TPSA) is 40.6 Å². The summed E-state index contributed by atoms with van der Waals surface area (Å²) in [5.41, 5.74) is 1.23. The van der Waals surface area contributed by atoms with Crippen molar-refractivity contribution in [3.8, 4) is 12.3 Å². The summed E-state index contributed by atoms with van der Waals surface area (Å²) in [5.74, 6) is 1.54. The molecule has 1 unspecified atom stereocenters. The monoisotopic (exact) mass is 446 g/mol. The lowest BCUT2D eigenvalue weighted by Crippen LogP contribution is -2.46. The van der Waals surface area contributed by atoms with Crippen LogP contribution >= 0.6 is 23.2 Å². The largest absolute Gasteiger partial charge is 0.338 e. The van der Waals surface area contributed by atoms with Gasteiger partial charge < -0.3 is 9.80 Å². The van der Waals surface area contributed by atoms with Gasteiger partial charge in [-0.05, 0) is 48.7 Å². The van der Waals surface area contributed by atoms with Crippen LogP contribution in [0.2, 0.25) is 10.0 Å². The number of likely N-dealkylation sites (tertiary alicyclic amines) is 1. The highest BCUT2D eigenvalue weighted by molar-refractivity contribution is 6.42. The molecule has 2 amide bonds. The summed E-state index contributed by atoms with van der Waals surface area (Å²) < 4.78 is 13.2. The number of hydrogen-bond acceptors (Lipinski definition) is 2. The molecule has 0 bridgehead atoms. The highest BCUT2D eigenvalue weighted by atomic mass is 35.5. The number of nitrogens with zero attached hydrogens (tertiary/aromatic N) is 2. The minimum absolute atomic E-state index is 0.107. The van der Waals surface area contributed by atoms with Gasteiger partial charge in [-0.2, -0.15) is 0 Å². The average Bonchev–Trinajstić information content (AvgIpc) is 2.76. The van der Waals surface area contributed by atoms with E-state index in [4.69, 9.17) is 29.6 Å². The number of rotatable bonds is 5. The molecule has 1 aliphatic rings. The zero-order valence-electron chi connectivity index (χ0n) is 16.3. The van der Waals surface area contributed by atoms with Crippen molar-refractivity contribution in [2.75, 3.05) is 19.6 Å². The summed E-state index contributed by atoms with van der Waals surface area (Å²) in [4.78, 5) is 29.3. The van der Waals surface area contributed by atoms with E-state index < -0.39 is 0 Å². The van der Waals surface area contributed by atoms with E-state index in [-0.39, 0.29) is 30.1 Å². The fraction of sp³-hybridized carbons (Fsp3) is 0.304. The minimum Gasteiger partial charge on any atom is -0.338 e. The van der Waals surface area contributed by atoms with Gasteiger partial charge in [-0.25, -0.2) is 4.39 Å². The third kappa shape index (κ3) is 5.33. The van der Waals surface area contributed by atoms with Crippen LogP contribution in [0.5, 0.6) is 0 Å². The first-order valence-corrected chi connectivity index (χ1v) is 10.4. The fourth-order valence-corrected chi connectivity index (χ4v) is 3.86. The summed E-state index contributed by atoms with van der Waals surface area (Å²) >= 11 is 12.0.